The molecule has 0 unspecified atom stereocenters. The molecule has 3 aromatic rings. The molecule has 0 saturated heterocycles. The van der Waals surface area contributed by atoms with Crippen LogP contribution in [0.1, 0.15) is 24.7 Å². The van der Waals surface area contributed by atoms with Crippen LogP contribution in [0.4, 0.5) is 0 Å². The second kappa shape index (κ2) is 4.60. The highest BCUT2D eigenvalue weighted by Gasteiger charge is 2.18. The molecule has 1 atom stereocenters. The second-order valence-electron chi connectivity index (χ2n) is 4.12. The molecule has 0 bridgehead atoms. The summed E-state index contributed by atoms with van der Waals surface area (Å²) < 4.78 is 7.25. The van der Waals surface area contributed by atoms with Gasteiger partial charge in [-0.25, -0.2) is 4.98 Å². The molecule has 7 nitrogen and oxygen atoms in total. The van der Waals surface area contributed by atoms with E-state index in [-0.39, 0.29) is 6.04 Å². The van der Waals surface area contributed by atoms with Crippen molar-refractivity contribution >= 4 is 0 Å². The van der Waals surface area contributed by atoms with Crippen molar-refractivity contribution in [2.45, 2.75) is 19.9 Å². The fourth-order valence-electron chi connectivity index (χ4n) is 1.85. The molecular formula is C12H12N6O. The summed E-state index contributed by atoms with van der Waals surface area (Å²) in [5.41, 5.74) is 0.590. The first-order valence-corrected chi connectivity index (χ1v) is 5.87. The Labute approximate surface area is 109 Å². The number of aromatic nitrogens is 6. The van der Waals surface area contributed by atoms with Crippen LogP contribution >= 0.6 is 0 Å². The van der Waals surface area contributed by atoms with Crippen molar-refractivity contribution in [1.82, 2.24) is 29.9 Å². The van der Waals surface area contributed by atoms with Crippen LogP contribution < -0.4 is 0 Å². The van der Waals surface area contributed by atoms with Crippen molar-refractivity contribution < 1.29 is 4.52 Å². The van der Waals surface area contributed by atoms with Crippen molar-refractivity contribution in [1.29, 1.82) is 0 Å². The van der Waals surface area contributed by atoms with E-state index in [4.69, 9.17) is 4.52 Å². The first-order valence-electron chi connectivity index (χ1n) is 5.87. The third-order valence-corrected chi connectivity index (χ3v) is 2.88. The van der Waals surface area contributed by atoms with Crippen LogP contribution in [0.5, 0.6) is 0 Å². The Kier molecular flexibility index (Phi) is 2.79. The normalized spacial score (nSPS) is 12.5. The quantitative estimate of drug-likeness (QED) is 0.708. The highest BCUT2D eigenvalue weighted by molar-refractivity contribution is 5.46. The summed E-state index contributed by atoms with van der Waals surface area (Å²) in [6.07, 6.45) is 5.22. The maximum atomic E-state index is 5.28. The molecule has 0 aliphatic carbocycles. The molecule has 0 aliphatic heterocycles. The standard InChI is InChI=1S/C12H12N6O/c1-8(18-7-6-13-9(18)2)12-15-11(17-19-12)10-4-3-5-14-16-10/h3-8H,1-2H3/t8-/m0/s1. The second-order valence-corrected chi connectivity index (χ2v) is 4.12. The first-order chi connectivity index (χ1) is 9.25. The summed E-state index contributed by atoms with van der Waals surface area (Å²) >= 11 is 0. The fourth-order valence-corrected chi connectivity index (χ4v) is 1.85. The number of hydrogen-bond acceptors (Lipinski definition) is 6. The van der Waals surface area contributed by atoms with Gasteiger partial charge in [-0.2, -0.15) is 10.1 Å². The molecule has 0 spiro atoms. The van der Waals surface area contributed by atoms with Crippen molar-refractivity contribution in [3.05, 3.63) is 42.4 Å². The van der Waals surface area contributed by atoms with Gasteiger partial charge in [0.05, 0.1) is 0 Å². The highest BCUT2D eigenvalue weighted by Crippen LogP contribution is 2.20. The van der Waals surface area contributed by atoms with E-state index in [9.17, 15) is 0 Å². The van der Waals surface area contributed by atoms with Gasteiger partial charge in [0.25, 0.3) is 0 Å². The lowest BCUT2D eigenvalue weighted by molar-refractivity contribution is 0.344. The largest absolute Gasteiger partial charge is 0.337 e. The van der Waals surface area contributed by atoms with Gasteiger partial charge in [-0.3, -0.25) is 0 Å². The van der Waals surface area contributed by atoms with E-state index in [1.54, 1.807) is 24.5 Å². The molecule has 0 aliphatic rings. The Bertz CT molecular complexity index is 674. The number of aryl methyl sites for hydroxylation is 1. The van der Waals surface area contributed by atoms with Crippen LogP contribution in [-0.4, -0.2) is 29.9 Å². The Morgan fingerprint density at radius 3 is 2.89 bits per heavy atom. The predicted octanol–water partition coefficient (Wildman–Crippen LogP) is 1.64. The van der Waals surface area contributed by atoms with Crippen LogP contribution in [0.2, 0.25) is 0 Å². The minimum atomic E-state index is -0.0691. The van der Waals surface area contributed by atoms with Crippen LogP contribution in [0.15, 0.2) is 35.2 Å². The predicted molar refractivity (Wildman–Crippen MR) is 66.1 cm³/mol. The third-order valence-electron chi connectivity index (χ3n) is 2.88. The van der Waals surface area contributed by atoms with Crippen molar-refractivity contribution in [2.75, 3.05) is 0 Å². The van der Waals surface area contributed by atoms with E-state index >= 15 is 0 Å². The van der Waals surface area contributed by atoms with E-state index in [0.717, 1.165) is 5.82 Å². The Morgan fingerprint density at radius 1 is 1.32 bits per heavy atom. The van der Waals surface area contributed by atoms with Gasteiger partial charge >= 0.3 is 0 Å². The van der Waals surface area contributed by atoms with Crippen molar-refractivity contribution in [3.8, 4) is 11.5 Å². The van der Waals surface area contributed by atoms with Crippen LogP contribution in [0.3, 0.4) is 0 Å². The Morgan fingerprint density at radius 2 is 2.21 bits per heavy atom. The maximum Gasteiger partial charge on any atom is 0.249 e. The molecule has 0 saturated carbocycles. The smallest absolute Gasteiger partial charge is 0.249 e. The Balaban J connectivity index is 1.92. The van der Waals surface area contributed by atoms with Gasteiger partial charge < -0.3 is 9.09 Å². The van der Waals surface area contributed by atoms with Gasteiger partial charge in [-0.1, -0.05) is 5.16 Å². The summed E-state index contributed by atoms with van der Waals surface area (Å²) in [6, 6.07) is 3.50. The average Bonchev–Trinajstić information content (AvgIpc) is 3.08. The molecule has 3 heterocycles. The lowest BCUT2D eigenvalue weighted by Crippen LogP contribution is -2.07. The number of hydrogen-bond donors (Lipinski definition) is 0. The van der Waals surface area contributed by atoms with E-state index < -0.39 is 0 Å². The molecule has 96 valence electrons. The van der Waals surface area contributed by atoms with Crippen LogP contribution in [-0.2, 0) is 0 Å². The lowest BCUT2D eigenvalue weighted by Gasteiger charge is -2.09. The van der Waals surface area contributed by atoms with Gasteiger partial charge in [0.15, 0.2) is 0 Å². The van der Waals surface area contributed by atoms with E-state index in [1.807, 2.05) is 24.6 Å². The van der Waals surface area contributed by atoms with Crippen LogP contribution in [0, 0.1) is 6.92 Å². The van der Waals surface area contributed by atoms with E-state index in [1.165, 1.54) is 0 Å². The molecule has 3 rings (SSSR count). The number of nitrogens with zero attached hydrogens (tertiary/aromatic N) is 6. The zero-order valence-corrected chi connectivity index (χ0v) is 10.6. The van der Waals surface area contributed by atoms with Crippen molar-refractivity contribution in [2.24, 2.45) is 0 Å². The average molecular weight is 256 g/mol. The van der Waals surface area contributed by atoms with E-state index in [2.05, 4.69) is 25.3 Å². The third kappa shape index (κ3) is 2.10. The maximum absolute atomic E-state index is 5.28. The summed E-state index contributed by atoms with van der Waals surface area (Å²) in [7, 11) is 0. The summed E-state index contributed by atoms with van der Waals surface area (Å²) in [6.45, 7) is 3.90. The minimum absolute atomic E-state index is 0.0691. The molecule has 0 aromatic carbocycles. The molecular weight excluding hydrogens is 244 g/mol. The van der Waals surface area contributed by atoms with Crippen LogP contribution in [0.25, 0.3) is 11.5 Å². The summed E-state index contributed by atoms with van der Waals surface area (Å²) in [4.78, 5) is 8.53. The first kappa shape index (κ1) is 11.5. The molecule has 0 fully saturated rings. The van der Waals surface area contributed by atoms with Gasteiger partial charge in [-0.15, -0.1) is 5.10 Å². The minimum Gasteiger partial charge on any atom is -0.337 e. The summed E-state index contributed by atoms with van der Waals surface area (Å²) in [5, 5.41) is 11.7. The molecule has 0 N–H and O–H groups in total. The zero-order valence-electron chi connectivity index (χ0n) is 10.6. The van der Waals surface area contributed by atoms with Gasteiger partial charge in [0.2, 0.25) is 11.7 Å². The molecule has 7 heteroatoms. The molecule has 0 amide bonds. The monoisotopic (exact) mass is 256 g/mol. The number of imidazole rings is 1. The lowest BCUT2D eigenvalue weighted by atomic mass is 10.3. The SMILES string of the molecule is Cc1nccn1[C@@H](C)c1nc(-c2cccnn2)no1. The van der Waals surface area contributed by atoms with E-state index in [0.29, 0.717) is 17.4 Å². The summed E-state index contributed by atoms with van der Waals surface area (Å²) in [5.74, 6) is 1.85. The number of rotatable bonds is 3. The van der Waals surface area contributed by atoms with Gasteiger partial charge in [-0.05, 0) is 26.0 Å². The fraction of sp³-hybridized carbons (Fsp3) is 0.250. The topological polar surface area (TPSA) is 82.5 Å². The van der Waals surface area contributed by atoms with Crippen molar-refractivity contribution in [3.63, 3.8) is 0 Å². The zero-order chi connectivity index (χ0) is 13.2. The molecule has 0 radical (unpaired) electrons. The molecule has 19 heavy (non-hydrogen) atoms. The molecule has 3 aromatic heterocycles. The van der Waals surface area contributed by atoms with Gasteiger partial charge in [0, 0.05) is 18.6 Å². The van der Waals surface area contributed by atoms with Gasteiger partial charge in [0.1, 0.15) is 17.6 Å². The Hall–Kier alpha value is -2.57. The highest BCUT2D eigenvalue weighted by atomic mass is 16.5.